The van der Waals surface area contributed by atoms with E-state index in [0.717, 1.165) is 56.2 Å². The normalized spacial score (nSPS) is 15.5. The molecule has 128 valence electrons. The number of aryl methyl sites for hydroxylation is 2. The van der Waals surface area contributed by atoms with E-state index < -0.39 is 0 Å². The van der Waals surface area contributed by atoms with Crippen LogP contribution >= 0.6 is 11.3 Å². The third kappa shape index (κ3) is 4.32. The van der Waals surface area contributed by atoms with Gasteiger partial charge in [0.25, 0.3) is 0 Å². The van der Waals surface area contributed by atoms with Gasteiger partial charge in [-0.2, -0.15) is 0 Å². The SMILES string of the molecule is Cc1cc(N2CCC(C(=O)NCCc3cccs3)CC2)nc(C)n1. The number of amides is 1. The van der Waals surface area contributed by atoms with Crippen LogP contribution in [0.25, 0.3) is 0 Å². The molecule has 0 aliphatic carbocycles. The lowest BCUT2D eigenvalue weighted by molar-refractivity contribution is -0.125. The predicted octanol–water partition coefficient (Wildman–Crippen LogP) is 2.73. The molecule has 2 aromatic heterocycles. The van der Waals surface area contributed by atoms with Crippen LogP contribution in [-0.4, -0.2) is 35.5 Å². The van der Waals surface area contributed by atoms with Crippen LogP contribution in [0.15, 0.2) is 23.6 Å². The highest BCUT2D eigenvalue weighted by atomic mass is 32.1. The van der Waals surface area contributed by atoms with Crippen LogP contribution < -0.4 is 10.2 Å². The molecule has 3 rings (SSSR count). The first-order chi connectivity index (χ1) is 11.6. The molecule has 2 aromatic rings. The number of rotatable bonds is 5. The van der Waals surface area contributed by atoms with Gasteiger partial charge in [0, 0.05) is 42.2 Å². The number of carbonyl (C=O) groups is 1. The van der Waals surface area contributed by atoms with E-state index in [2.05, 4.69) is 31.6 Å². The summed E-state index contributed by atoms with van der Waals surface area (Å²) < 4.78 is 0. The highest BCUT2D eigenvalue weighted by Crippen LogP contribution is 2.22. The third-order valence-corrected chi connectivity index (χ3v) is 5.33. The van der Waals surface area contributed by atoms with Gasteiger partial charge in [-0.05, 0) is 44.6 Å². The lowest BCUT2D eigenvalue weighted by Gasteiger charge is -2.32. The Kier molecular flexibility index (Phi) is 5.45. The van der Waals surface area contributed by atoms with Gasteiger partial charge in [-0.1, -0.05) is 6.07 Å². The summed E-state index contributed by atoms with van der Waals surface area (Å²) in [5, 5.41) is 5.16. The highest BCUT2D eigenvalue weighted by Gasteiger charge is 2.25. The highest BCUT2D eigenvalue weighted by molar-refractivity contribution is 7.09. The Bertz CT molecular complexity index is 658. The fourth-order valence-electron chi connectivity index (χ4n) is 3.14. The minimum atomic E-state index is 0.119. The molecule has 5 nitrogen and oxygen atoms in total. The maximum absolute atomic E-state index is 12.3. The Morgan fingerprint density at radius 2 is 2.12 bits per heavy atom. The first-order valence-corrected chi connectivity index (χ1v) is 9.37. The summed E-state index contributed by atoms with van der Waals surface area (Å²) in [6.45, 7) is 6.39. The van der Waals surface area contributed by atoms with E-state index in [0.29, 0.717) is 0 Å². The van der Waals surface area contributed by atoms with Crippen molar-refractivity contribution in [3.8, 4) is 0 Å². The number of hydrogen-bond donors (Lipinski definition) is 1. The zero-order chi connectivity index (χ0) is 16.9. The summed E-state index contributed by atoms with van der Waals surface area (Å²) in [7, 11) is 0. The Hall–Kier alpha value is -1.95. The molecule has 1 amide bonds. The van der Waals surface area contributed by atoms with Crippen molar-refractivity contribution < 1.29 is 4.79 Å². The fraction of sp³-hybridized carbons (Fsp3) is 0.500. The Morgan fingerprint density at radius 3 is 2.79 bits per heavy atom. The molecule has 0 unspecified atom stereocenters. The molecule has 1 N–H and O–H groups in total. The van der Waals surface area contributed by atoms with Gasteiger partial charge < -0.3 is 10.2 Å². The van der Waals surface area contributed by atoms with Gasteiger partial charge in [0.2, 0.25) is 5.91 Å². The lowest BCUT2D eigenvalue weighted by atomic mass is 9.96. The molecule has 1 aliphatic heterocycles. The third-order valence-electron chi connectivity index (χ3n) is 4.39. The van der Waals surface area contributed by atoms with Crippen molar-refractivity contribution in [2.24, 2.45) is 5.92 Å². The summed E-state index contributed by atoms with van der Waals surface area (Å²) in [6.07, 6.45) is 2.68. The van der Waals surface area contributed by atoms with Crippen molar-refractivity contribution in [2.75, 3.05) is 24.5 Å². The summed E-state index contributed by atoms with van der Waals surface area (Å²) in [5.74, 6) is 2.10. The van der Waals surface area contributed by atoms with Crippen molar-refractivity contribution >= 4 is 23.1 Å². The van der Waals surface area contributed by atoms with E-state index >= 15 is 0 Å². The zero-order valence-corrected chi connectivity index (χ0v) is 15.1. The van der Waals surface area contributed by atoms with E-state index in [1.165, 1.54) is 4.88 Å². The summed E-state index contributed by atoms with van der Waals surface area (Å²) in [6, 6.07) is 6.18. The second-order valence-electron chi connectivity index (χ2n) is 6.30. The van der Waals surface area contributed by atoms with Crippen molar-refractivity contribution in [1.82, 2.24) is 15.3 Å². The lowest BCUT2D eigenvalue weighted by Crippen LogP contribution is -2.41. The molecule has 6 heteroatoms. The van der Waals surface area contributed by atoms with Gasteiger partial charge in [-0.25, -0.2) is 9.97 Å². The van der Waals surface area contributed by atoms with Gasteiger partial charge >= 0.3 is 0 Å². The zero-order valence-electron chi connectivity index (χ0n) is 14.3. The summed E-state index contributed by atoms with van der Waals surface area (Å²) in [4.78, 5) is 24.8. The van der Waals surface area contributed by atoms with Crippen LogP contribution in [0.5, 0.6) is 0 Å². The van der Waals surface area contributed by atoms with Crippen molar-refractivity contribution in [3.05, 3.63) is 40.0 Å². The van der Waals surface area contributed by atoms with Crippen molar-refractivity contribution in [3.63, 3.8) is 0 Å². The molecular formula is C18H24N4OS. The quantitative estimate of drug-likeness (QED) is 0.906. The Balaban J connectivity index is 1.46. The average Bonchev–Trinajstić information content (AvgIpc) is 3.07. The molecule has 0 aromatic carbocycles. The Morgan fingerprint density at radius 1 is 1.33 bits per heavy atom. The molecule has 1 aliphatic rings. The van der Waals surface area contributed by atoms with E-state index in [9.17, 15) is 4.79 Å². The number of thiophene rings is 1. The van der Waals surface area contributed by atoms with E-state index in [1.807, 2.05) is 26.0 Å². The molecule has 24 heavy (non-hydrogen) atoms. The molecule has 0 saturated carbocycles. The number of carbonyl (C=O) groups excluding carboxylic acids is 1. The monoisotopic (exact) mass is 344 g/mol. The minimum absolute atomic E-state index is 0.119. The van der Waals surface area contributed by atoms with Crippen LogP contribution in [0.3, 0.4) is 0 Å². The second-order valence-corrected chi connectivity index (χ2v) is 7.33. The number of hydrogen-bond acceptors (Lipinski definition) is 5. The number of piperidine rings is 1. The van der Waals surface area contributed by atoms with E-state index in [1.54, 1.807) is 11.3 Å². The molecule has 0 spiro atoms. The topological polar surface area (TPSA) is 58.1 Å². The molecule has 0 bridgehead atoms. The number of nitrogens with zero attached hydrogens (tertiary/aromatic N) is 3. The standard InChI is InChI=1S/C18H24N4OS/c1-13-12-17(21-14(2)20-13)22-9-6-15(7-10-22)18(23)19-8-5-16-4-3-11-24-16/h3-4,11-12,15H,5-10H2,1-2H3,(H,19,23). The van der Waals surface area contributed by atoms with Crippen LogP contribution in [0.1, 0.15) is 29.2 Å². The first-order valence-electron chi connectivity index (χ1n) is 8.49. The molecule has 1 fully saturated rings. The maximum atomic E-state index is 12.3. The predicted molar refractivity (Wildman–Crippen MR) is 97.5 cm³/mol. The van der Waals surface area contributed by atoms with Gasteiger partial charge in [-0.3, -0.25) is 4.79 Å². The number of aromatic nitrogens is 2. The van der Waals surface area contributed by atoms with Gasteiger partial charge in [0.1, 0.15) is 11.6 Å². The molecule has 3 heterocycles. The van der Waals surface area contributed by atoms with E-state index in [-0.39, 0.29) is 11.8 Å². The average molecular weight is 344 g/mol. The van der Waals surface area contributed by atoms with Crippen molar-refractivity contribution in [2.45, 2.75) is 33.1 Å². The summed E-state index contributed by atoms with van der Waals surface area (Å²) in [5.41, 5.74) is 0.992. The van der Waals surface area contributed by atoms with E-state index in [4.69, 9.17) is 0 Å². The minimum Gasteiger partial charge on any atom is -0.356 e. The summed E-state index contributed by atoms with van der Waals surface area (Å²) >= 11 is 1.74. The largest absolute Gasteiger partial charge is 0.356 e. The van der Waals surface area contributed by atoms with Crippen LogP contribution in [-0.2, 0) is 11.2 Å². The first kappa shape index (κ1) is 16.9. The molecular weight excluding hydrogens is 320 g/mol. The van der Waals surface area contributed by atoms with Crippen LogP contribution in [0.2, 0.25) is 0 Å². The number of anilines is 1. The van der Waals surface area contributed by atoms with Gasteiger partial charge in [0.05, 0.1) is 0 Å². The maximum Gasteiger partial charge on any atom is 0.223 e. The van der Waals surface area contributed by atoms with Gasteiger partial charge in [0.15, 0.2) is 0 Å². The Labute approximate surface area is 147 Å². The molecule has 1 saturated heterocycles. The van der Waals surface area contributed by atoms with Crippen LogP contribution in [0.4, 0.5) is 5.82 Å². The van der Waals surface area contributed by atoms with Crippen LogP contribution in [0, 0.1) is 19.8 Å². The smallest absolute Gasteiger partial charge is 0.223 e. The fourth-order valence-corrected chi connectivity index (χ4v) is 3.85. The van der Waals surface area contributed by atoms with Crippen molar-refractivity contribution in [1.29, 1.82) is 0 Å². The molecule has 0 atom stereocenters. The second kappa shape index (κ2) is 7.75. The number of nitrogens with one attached hydrogen (secondary N) is 1. The van der Waals surface area contributed by atoms with Gasteiger partial charge in [-0.15, -0.1) is 11.3 Å². The molecule has 0 radical (unpaired) electrons.